The number of methoxy groups -OCH3 is 2. The van der Waals surface area contributed by atoms with Crippen LogP contribution in [0.5, 0.6) is 5.75 Å². The number of carbonyl (C=O) groups excluding carboxylic acids is 1. The van der Waals surface area contributed by atoms with Gasteiger partial charge in [0.1, 0.15) is 5.75 Å². The van der Waals surface area contributed by atoms with Gasteiger partial charge in [0.25, 0.3) is 0 Å². The van der Waals surface area contributed by atoms with Crippen molar-refractivity contribution < 1.29 is 22.7 Å². The fourth-order valence-electron chi connectivity index (χ4n) is 1.66. The van der Waals surface area contributed by atoms with E-state index in [0.717, 1.165) is 0 Å². The first-order valence-corrected chi connectivity index (χ1v) is 8.43. The molecule has 0 aliphatic heterocycles. The van der Waals surface area contributed by atoms with Crippen LogP contribution < -0.4 is 4.74 Å². The van der Waals surface area contributed by atoms with Crippen molar-refractivity contribution >= 4 is 31.9 Å². The molecular formula is C13H18BrNO5S. The lowest BCUT2D eigenvalue weighted by Gasteiger charge is -2.17. The second-order valence-corrected chi connectivity index (χ2v) is 7.20. The Morgan fingerprint density at radius 2 is 2.00 bits per heavy atom. The normalized spacial score (nSPS) is 11.5. The number of nitrogens with zero attached hydrogens (tertiary/aromatic N) is 1. The van der Waals surface area contributed by atoms with Crippen LogP contribution in [0.1, 0.15) is 12.8 Å². The molecule has 0 saturated carbocycles. The van der Waals surface area contributed by atoms with E-state index in [1.54, 1.807) is 6.07 Å². The maximum absolute atomic E-state index is 12.4. The van der Waals surface area contributed by atoms with Crippen LogP contribution >= 0.6 is 15.9 Å². The molecule has 0 fully saturated rings. The van der Waals surface area contributed by atoms with Gasteiger partial charge in [0.05, 0.1) is 23.6 Å². The van der Waals surface area contributed by atoms with Crippen LogP contribution in [-0.4, -0.2) is 46.5 Å². The number of hydrogen-bond donors (Lipinski definition) is 0. The minimum Gasteiger partial charge on any atom is -0.496 e. The summed E-state index contributed by atoms with van der Waals surface area (Å²) < 4.78 is 36.1. The lowest BCUT2D eigenvalue weighted by Crippen LogP contribution is -2.28. The number of rotatable bonds is 7. The van der Waals surface area contributed by atoms with Crippen LogP contribution in [0, 0.1) is 0 Å². The molecule has 0 aliphatic rings. The fourth-order valence-corrected chi connectivity index (χ4v) is 3.58. The molecule has 0 unspecified atom stereocenters. The highest BCUT2D eigenvalue weighted by molar-refractivity contribution is 9.10. The zero-order valence-electron chi connectivity index (χ0n) is 12.1. The Kier molecular flexibility index (Phi) is 6.63. The number of esters is 1. The van der Waals surface area contributed by atoms with Crippen LogP contribution in [0.2, 0.25) is 0 Å². The summed E-state index contributed by atoms with van der Waals surface area (Å²) in [6.45, 7) is 0.237. The average Bonchev–Trinajstić information content (AvgIpc) is 2.46. The summed E-state index contributed by atoms with van der Waals surface area (Å²) in [6.07, 6.45) is 0.586. The first-order chi connectivity index (χ1) is 9.82. The van der Waals surface area contributed by atoms with E-state index in [9.17, 15) is 13.2 Å². The Balaban J connectivity index is 2.80. The van der Waals surface area contributed by atoms with Gasteiger partial charge in [-0.25, -0.2) is 12.7 Å². The Morgan fingerprint density at radius 3 is 2.52 bits per heavy atom. The Morgan fingerprint density at radius 1 is 1.33 bits per heavy atom. The third-order valence-electron chi connectivity index (χ3n) is 2.91. The number of halogens is 1. The molecule has 0 spiro atoms. The quantitative estimate of drug-likeness (QED) is 0.677. The van der Waals surface area contributed by atoms with E-state index in [2.05, 4.69) is 20.7 Å². The molecule has 1 rings (SSSR count). The lowest BCUT2D eigenvalue weighted by molar-refractivity contribution is -0.140. The topological polar surface area (TPSA) is 72.9 Å². The molecule has 0 amide bonds. The Labute approximate surface area is 133 Å². The van der Waals surface area contributed by atoms with Gasteiger partial charge in [-0.15, -0.1) is 0 Å². The van der Waals surface area contributed by atoms with E-state index >= 15 is 0 Å². The van der Waals surface area contributed by atoms with E-state index in [1.165, 1.54) is 37.7 Å². The molecule has 8 heteroatoms. The second-order valence-electron chi connectivity index (χ2n) is 4.30. The van der Waals surface area contributed by atoms with Gasteiger partial charge < -0.3 is 9.47 Å². The summed E-state index contributed by atoms with van der Waals surface area (Å²) >= 11 is 3.26. The van der Waals surface area contributed by atoms with Crippen LogP contribution in [0.25, 0.3) is 0 Å². The summed E-state index contributed by atoms with van der Waals surface area (Å²) in [5.74, 6) is 0.204. The van der Waals surface area contributed by atoms with Crippen molar-refractivity contribution in [3.05, 3.63) is 22.7 Å². The van der Waals surface area contributed by atoms with E-state index in [0.29, 0.717) is 16.6 Å². The summed E-state index contributed by atoms with van der Waals surface area (Å²) in [7, 11) is 0.692. The number of benzene rings is 1. The maximum Gasteiger partial charge on any atom is 0.305 e. The largest absolute Gasteiger partial charge is 0.496 e. The molecule has 0 bridgehead atoms. The van der Waals surface area contributed by atoms with Crippen molar-refractivity contribution in [2.75, 3.05) is 27.8 Å². The van der Waals surface area contributed by atoms with Gasteiger partial charge in [0.15, 0.2) is 0 Å². The third kappa shape index (κ3) is 4.69. The van der Waals surface area contributed by atoms with E-state index < -0.39 is 10.0 Å². The molecule has 6 nitrogen and oxygen atoms in total. The molecule has 0 aliphatic carbocycles. The predicted molar refractivity (Wildman–Crippen MR) is 81.8 cm³/mol. The zero-order chi connectivity index (χ0) is 16.0. The minimum atomic E-state index is -3.60. The van der Waals surface area contributed by atoms with Crippen molar-refractivity contribution in [1.29, 1.82) is 0 Å². The molecule has 21 heavy (non-hydrogen) atoms. The number of hydrogen-bond acceptors (Lipinski definition) is 5. The SMILES string of the molecule is COC(=O)CCCN(C)S(=O)(=O)c1ccc(OC)c(Br)c1. The number of ether oxygens (including phenoxy) is 2. The van der Waals surface area contributed by atoms with Crippen LogP contribution in [0.3, 0.4) is 0 Å². The molecule has 0 atom stereocenters. The molecule has 1 aromatic rings. The van der Waals surface area contributed by atoms with Crippen molar-refractivity contribution in [2.24, 2.45) is 0 Å². The summed E-state index contributed by atoms with van der Waals surface area (Å²) in [6, 6.07) is 4.56. The molecule has 0 radical (unpaired) electrons. The first kappa shape index (κ1) is 17.9. The van der Waals surface area contributed by atoms with E-state index in [1.807, 2.05) is 0 Å². The van der Waals surface area contributed by atoms with Gasteiger partial charge in [-0.2, -0.15) is 0 Å². The van der Waals surface area contributed by atoms with Gasteiger partial charge in [0, 0.05) is 20.0 Å². The molecule has 0 aromatic heterocycles. The minimum absolute atomic E-state index is 0.163. The van der Waals surface area contributed by atoms with Gasteiger partial charge in [-0.1, -0.05) is 0 Å². The summed E-state index contributed by atoms with van der Waals surface area (Å²) in [5, 5.41) is 0. The Bertz CT molecular complexity index is 603. The lowest BCUT2D eigenvalue weighted by atomic mass is 10.3. The van der Waals surface area contributed by atoms with Gasteiger partial charge >= 0.3 is 5.97 Å². The monoisotopic (exact) mass is 379 g/mol. The van der Waals surface area contributed by atoms with Crippen molar-refractivity contribution in [2.45, 2.75) is 17.7 Å². The smallest absolute Gasteiger partial charge is 0.305 e. The second kappa shape index (κ2) is 7.77. The zero-order valence-corrected chi connectivity index (χ0v) is 14.5. The Hall–Kier alpha value is -1.12. The molecule has 0 N–H and O–H groups in total. The van der Waals surface area contributed by atoms with Crippen molar-refractivity contribution in [1.82, 2.24) is 4.31 Å². The maximum atomic E-state index is 12.4. The van der Waals surface area contributed by atoms with Gasteiger partial charge in [-0.3, -0.25) is 4.79 Å². The highest BCUT2D eigenvalue weighted by atomic mass is 79.9. The predicted octanol–water partition coefficient (Wildman–Crippen LogP) is 2.03. The third-order valence-corrected chi connectivity index (χ3v) is 5.39. The van der Waals surface area contributed by atoms with Gasteiger partial charge in [0.2, 0.25) is 10.0 Å². The van der Waals surface area contributed by atoms with Crippen LogP contribution in [0.4, 0.5) is 0 Å². The number of sulfonamides is 1. The van der Waals surface area contributed by atoms with Gasteiger partial charge in [-0.05, 0) is 40.5 Å². The molecular weight excluding hydrogens is 362 g/mol. The number of carbonyl (C=O) groups is 1. The van der Waals surface area contributed by atoms with Crippen LogP contribution in [-0.2, 0) is 19.6 Å². The average molecular weight is 380 g/mol. The van der Waals surface area contributed by atoms with E-state index in [-0.39, 0.29) is 23.8 Å². The van der Waals surface area contributed by atoms with Crippen molar-refractivity contribution in [3.8, 4) is 5.75 Å². The van der Waals surface area contributed by atoms with Crippen molar-refractivity contribution in [3.63, 3.8) is 0 Å². The standard InChI is InChI=1S/C13H18BrNO5S/c1-15(8-4-5-13(16)20-3)21(17,18)10-6-7-12(19-2)11(14)9-10/h6-7,9H,4-5,8H2,1-3H3. The summed E-state index contributed by atoms with van der Waals surface area (Å²) in [5.41, 5.74) is 0. The fraction of sp³-hybridized carbons (Fsp3) is 0.462. The van der Waals surface area contributed by atoms with E-state index in [4.69, 9.17) is 4.74 Å². The molecule has 0 heterocycles. The van der Waals surface area contributed by atoms with Crippen LogP contribution in [0.15, 0.2) is 27.6 Å². The molecule has 0 saturated heterocycles. The molecule has 1 aromatic carbocycles. The summed E-state index contributed by atoms with van der Waals surface area (Å²) in [4.78, 5) is 11.2. The first-order valence-electron chi connectivity index (χ1n) is 6.19. The molecule has 118 valence electrons. The highest BCUT2D eigenvalue weighted by Gasteiger charge is 2.21. The highest BCUT2D eigenvalue weighted by Crippen LogP contribution is 2.28.